The maximum absolute atomic E-state index is 13.7. The third kappa shape index (κ3) is 2.67. The van der Waals surface area contributed by atoms with E-state index in [0.717, 1.165) is 0 Å². The molecule has 0 fully saturated rings. The second-order valence-corrected chi connectivity index (χ2v) is 5.69. The van der Waals surface area contributed by atoms with Crippen molar-refractivity contribution in [3.8, 4) is 5.75 Å². The predicted octanol–water partition coefficient (Wildman–Crippen LogP) is 3.64. The smallest absolute Gasteiger partial charge is 0.306 e. The monoisotopic (exact) mass is 353 g/mol. The minimum absolute atomic E-state index is 0.143. The quantitative estimate of drug-likeness (QED) is 0.463. The van der Waals surface area contributed by atoms with E-state index < -0.39 is 16.4 Å². The van der Waals surface area contributed by atoms with Crippen LogP contribution in [0.4, 0.5) is 10.1 Å². The zero-order valence-corrected chi connectivity index (χ0v) is 12.2. The highest BCUT2D eigenvalue weighted by Gasteiger charge is 2.29. The number of nitro groups is 1. The first-order valence-corrected chi connectivity index (χ1v) is 5.99. The molecule has 4 nitrogen and oxygen atoms in total. The van der Waals surface area contributed by atoms with Crippen molar-refractivity contribution in [2.45, 2.75) is 26.2 Å². The summed E-state index contributed by atoms with van der Waals surface area (Å²) >= 11 is 1.73. The summed E-state index contributed by atoms with van der Waals surface area (Å²) < 4.78 is 19.0. The number of methoxy groups -OCH3 is 1. The molecule has 1 aromatic carbocycles. The van der Waals surface area contributed by atoms with Crippen molar-refractivity contribution in [1.82, 2.24) is 0 Å². The van der Waals surface area contributed by atoms with E-state index in [1.165, 1.54) is 13.2 Å². The Bertz CT molecular complexity index is 469. The van der Waals surface area contributed by atoms with Gasteiger partial charge >= 0.3 is 5.69 Å². The van der Waals surface area contributed by atoms with E-state index in [1.807, 2.05) is 20.8 Å². The van der Waals surface area contributed by atoms with Crippen LogP contribution < -0.4 is 4.74 Å². The number of nitrogens with zero attached hydrogens (tertiary/aromatic N) is 1. The van der Waals surface area contributed by atoms with Gasteiger partial charge in [-0.05, 0) is 28.0 Å². The third-order valence-electron chi connectivity index (χ3n) is 2.35. The number of benzene rings is 1. The fourth-order valence-corrected chi connectivity index (χ4v) is 2.27. The maximum Gasteiger partial charge on any atom is 0.306 e. The molecule has 0 unspecified atom stereocenters. The van der Waals surface area contributed by atoms with Gasteiger partial charge in [0.15, 0.2) is 0 Å². The Morgan fingerprint density at radius 3 is 2.35 bits per heavy atom. The van der Waals surface area contributed by atoms with Crippen LogP contribution in [0.15, 0.2) is 6.07 Å². The van der Waals surface area contributed by atoms with Crippen LogP contribution in [0.1, 0.15) is 26.3 Å². The Hall–Kier alpha value is -0.920. The lowest BCUT2D eigenvalue weighted by Gasteiger charge is -2.22. The Balaban J connectivity index is 3.65. The molecular weight excluding hydrogens is 340 g/mol. The number of ether oxygens (including phenoxy) is 1. The van der Waals surface area contributed by atoms with Crippen LogP contribution >= 0.6 is 22.6 Å². The molecule has 0 atom stereocenters. The summed E-state index contributed by atoms with van der Waals surface area (Å²) in [7, 11) is 1.43. The van der Waals surface area contributed by atoms with E-state index in [2.05, 4.69) is 0 Å². The predicted molar refractivity (Wildman–Crippen MR) is 71.0 cm³/mol. The molecule has 0 aliphatic carbocycles. The minimum Gasteiger partial charge on any atom is -0.495 e. The standard InChI is InChI=1S/C11H13FINO3/c1-11(2,3)6-5-7(14(15)16)8(12)9(13)10(6)17-4/h5H,1-4H3. The van der Waals surface area contributed by atoms with Crippen molar-refractivity contribution in [1.29, 1.82) is 0 Å². The van der Waals surface area contributed by atoms with E-state index in [4.69, 9.17) is 4.74 Å². The Morgan fingerprint density at radius 2 is 2.00 bits per heavy atom. The lowest BCUT2D eigenvalue weighted by atomic mass is 9.86. The summed E-state index contributed by atoms with van der Waals surface area (Å²) in [4.78, 5) is 10.1. The van der Waals surface area contributed by atoms with E-state index in [0.29, 0.717) is 11.3 Å². The molecule has 0 N–H and O–H groups in total. The van der Waals surface area contributed by atoms with Gasteiger partial charge in [-0.15, -0.1) is 0 Å². The number of hydrogen-bond donors (Lipinski definition) is 0. The summed E-state index contributed by atoms with van der Waals surface area (Å²) in [5, 5.41) is 10.8. The molecule has 17 heavy (non-hydrogen) atoms. The van der Waals surface area contributed by atoms with Crippen molar-refractivity contribution in [3.05, 3.63) is 31.1 Å². The lowest BCUT2D eigenvalue weighted by molar-refractivity contribution is -0.387. The van der Waals surface area contributed by atoms with Crippen LogP contribution in [-0.2, 0) is 5.41 Å². The molecule has 0 saturated heterocycles. The Labute approximate surface area is 112 Å². The van der Waals surface area contributed by atoms with Gasteiger partial charge in [0.05, 0.1) is 15.6 Å². The Morgan fingerprint density at radius 1 is 1.47 bits per heavy atom. The van der Waals surface area contributed by atoms with E-state index in [1.54, 1.807) is 22.6 Å². The first-order valence-electron chi connectivity index (χ1n) is 4.91. The molecular formula is C11H13FINO3. The fraction of sp³-hybridized carbons (Fsp3) is 0.455. The molecule has 0 heterocycles. The molecule has 1 rings (SSSR count). The van der Waals surface area contributed by atoms with Crippen LogP contribution in [0.5, 0.6) is 5.75 Å². The van der Waals surface area contributed by atoms with Crippen molar-refractivity contribution in [2.75, 3.05) is 7.11 Å². The van der Waals surface area contributed by atoms with E-state index in [9.17, 15) is 14.5 Å². The zero-order chi connectivity index (χ0) is 13.4. The molecule has 0 spiro atoms. The summed E-state index contributed by atoms with van der Waals surface area (Å²) in [6.07, 6.45) is 0. The highest BCUT2D eigenvalue weighted by atomic mass is 127. The van der Waals surface area contributed by atoms with Gasteiger partial charge < -0.3 is 4.74 Å². The molecule has 94 valence electrons. The molecule has 0 aromatic heterocycles. The van der Waals surface area contributed by atoms with Crippen LogP contribution in [-0.4, -0.2) is 12.0 Å². The molecule has 0 bridgehead atoms. The molecule has 1 aromatic rings. The molecule has 6 heteroatoms. The van der Waals surface area contributed by atoms with Gasteiger partial charge in [0.1, 0.15) is 5.75 Å². The summed E-state index contributed by atoms with van der Waals surface area (Å²) in [6, 6.07) is 1.25. The topological polar surface area (TPSA) is 52.4 Å². The number of nitro benzene ring substituents is 1. The van der Waals surface area contributed by atoms with Crippen molar-refractivity contribution in [3.63, 3.8) is 0 Å². The largest absolute Gasteiger partial charge is 0.495 e. The molecule has 0 radical (unpaired) electrons. The maximum atomic E-state index is 13.7. The van der Waals surface area contributed by atoms with Gasteiger partial charge in [-0.3, -0.25) is 10.1 Å². The number of rotatable bonds is 2. The normalized spacial score (nSPS) is 11.4. The molecule has 0 aliphatic heterocycles. The molecule has 0 aliphatic rings. The van der Waals surface area contributed by atoms with Gasteiger partial charge in [-0.2, -0.15) is 4.39 Å². The number of hydrogen-bond acceptors (Lipinski definition) is 3. The van der Waals surface area contributed by atoms with E-state index >= 15 is 0 Å². The zero-order valence-electron chi connectivity index (χ0n) is 10.0. The summed E-state index contributed by atoms with van der Waals surface area (Å²) in [5.41, 5.74) is -0.249. The van der Waals surface area contributed by atoms with Gasteiger partial charge in [0.2, 0.25) is 5.82 Å². The van der Waals surface area contributed by atoms with Gasteiger partial charge in [-0.1, -0.05) is 20.8 Å². The fourth-order valence-electron chi connectivity index (χ4n) is 1.49. The SMILES string of the molecule is COc1c(C(C)(C)C)cc([N+](=O)[O-])c(F)c1I. The van der Waals surface area contributed by atoms with Crippen LogP contribution in [0.3, 0.4) is 0 Å². The van der Waals surface area contributed by atoms with Crippen molar-refractivity contribution >= 4 is 28.3 Å². The second kappa shape index (κ2) is 4.75. The summed E-state index contributed by atoms with van der Waals surface area (Å²) in [5.74, 6) is -0.485. The second-order valence-electron chi connectivity index (χ2n) is 4.61. The van der Waals surface area contributed by atoms with Crippen LogP contribution in [0.2, 0.25) is 0 Å². The van der Waals surface area contributed by atoms with Crippen LogP contribution in [0.25, 0.3) is 0 Å². The molecule has 0 amide bonds. The van der Waals surface area contributed by atoms with Gasteiger partial charge in [0, 0.05) is 11.6 Å². The first kappa shape index (κ1) is 14.1. The van der Waals surface area contributed by atoms with E-state index in [-0.39, 0.29) is 8.99 Å². The van der Waals surface area contributed by atoms with Gasteiger partial charge in [-0.25, -0.2) is 0 Å². The molecule has 0 saturated carbocycles. The summed E-state index contributed by atoms with van der Waals surface area (Å²) in [6.45, 7) is 5.67. The number of halogens is 2. The Kier molecular flexibility index (Phi) is 3.95. The van der Waals surface area contributed by atoms with Crippen molar-refractivity contribution in [2.24, 2.45) is 0 Å². The van der Waals surface area contributed by atoms with Crippen LogP contribution in [0, 0.1) is 19.5 Å². The average Bonchev–Trinajstić information content (AvgIpc) is 2.19. The first-order chi connectivity index (χ1) is 7.70. The highest BCUT2D eigenvalue weighted by Crippen LogP contribution is 2.39. The minimum atomic E-state index is -0.847. The van der Waals surface area contributed by atoms with Gasteiger partial charge in [0.25, 0.3) is 0 Å². The highest BCUT2D eigenvalue weighted by molar-refractivity contribution is 14.1. The third-order valence-corrected chi connectivity index (χ3v) is 3.31. The average molecular weight is 353 g/mol. The van der Waals surface area contributed by atoms with Crippen molar-refractivity contribution < 1.29 is 14.1 Å². The lowest BCUT2D eigenvalue weighted by Crippen LogP contribution is -2.15.